The first kappa shape index (κ1) is 18.9. The molecule has 0 aromatic rings. The minimum absolute atomic E-state index is 0.0466. The quantitative estimate of drug-likeness (QED) is 0.771. The average molecular weight is 358 g/mol. The van der Waals surface area contributed by atoms with Crippen LogP contribution in [0.2, 0.25) is 0 Å². The predicted molar refractivity (Wildman–Crippen MR) is 90.5 cm³/mol. The molecule has 0 bridgehead atoms. The summed E-state index contributed by atoms with van der Waals surface area (Å²) in [6.45, 7) is 7.35. The average Bonchev–Trinajstić information content (AvgIpc) is 3.00. The van der Waals surface area contributed by atoms with Crippen molar-refractivity contribution in [3.05, 3.63) is 0 Å². The highest BCUT2D eigenvalue weighted by molar-refractivity contribution is 8.00. The first-order valence-corrected chi connectivity index (χ1v) is 9.25. The number of fused-ring (bicyclic) bond motifs is 1. The van der Waals surface area contributed by atoms with E-state index in [-0.39, 0.29) is 17.2 Å². The Kier molecular flexibility index (Phi) is 5.67. The highest BCUT2D eigenvalue weighted by atomic mass is 32.2. The van der Waals surface area contributed by atoms with E-state index in [2.05, 4.69) is 5.32 Å². The summed E-state index contributed by atoms with van der Waals surface area (Å²) in [5.74, 6) is -0.159. The van der Waals surface area contributed by atoms with Crippen molar-refractivity contribution in [3.63, 3.8) is 0 Å². The normalized spacial score (nSPS) is 29.4. The van der Waals surface area contributed by atoms with Crippen molar-refractivity contribution in [1.82, 2.24) is 10.2 Å². The first-order chi connectivity index (χ1) is 11.2. The molecule has 7 nitrogen and oxygen atoms in total. The van der Waals surface area contributed by atoms with Crippen LogP contribution in [0.5, 0.6) is 0 Å². The number of alkyl carbamates (subject to hydrolysis) is 1. The number of thioether (sulfide) groups is 1. The highest BCUT2D eigenvalue weighted by Gasteiger charge is 2.56. The summed E-state index contributed by atoms with van der Waals surface area (Å²) in [5.41, 5.74) is -0.633. The topological polar surface area (TPSA) is 84.9 Å². The molecule has 0 aromatic heterocycles. The third kappa shape index (κ3) is 3.79. The van der Waals surface area contributed by atoms with Gasteiger partial charge in [-0.05, 0) is 27.2 Å². The second-order valence-electron chi connectivity index (χ2n) is 7.08. The fraction of sp³-hybridized carbons (Fsp3) is 0.812. The summed E-state index contributed by atoms with van der Waals surface area (Å²) in [7, 11) is 1.32. The maximum atomic E-state index is 12.8. The Bertz CT molecular complexity index is 519. The minimum atomic E-state index is -0.662. The van der Waals surface area contributed by atoms with Gasteiger partial charge in [0, 0.05) is 11.7 Å². The number of amides is 2. The number of hydrogen-bond acceptors (Lipinski definition) is 6. The summed E-state index contributed by atoms with van der Waals surface area (Å²) in [6.07, 6.45) is 1.06. The number of nitrogens with one attached hydrogen (secondary N) is 1. The van der Waals surface area contributed by atoms with Crippen LogP contribution >= 0.6 is 11.8 Å². The predicted octanol–water partition coefficient (Wildman–Crippen LogP) is 1.75. The molecule has 2 aliphatic rings. The molecular weight excluding hydrogens is 332 g/mol. The first-order valence-electron chi connectivity index (χ1n) is 8.20. The van der Waals surface area contributed by atoms with Gasteiger partial charge < -0.3 is 19.7 Å². The van der Waals surface area contributed by atoms with Gasteiger partial charge in [-0.25, -0.2) is 9.59 Å². The van der Waals surface area contributed by atoms with Gasteiger partial charge >= 0.3 is 12.1 Å². The zero-order valence-corrected chi connectivity index (χ0v) is 15.6. The number of carbonyl (C=O) groups is 3. The molecule has 0 spiro atoms. The van der Waals surface area contributed by atoms with Crippen LogP contribution in [0.25, 0.3) is 0 Å². The second-order valence-corrected chi connectivity index (χ2v) is 8.23. The zero-order valence-electron chi connectivity index (χ0n) is 14.8. The van der Waals surface area contributed by atoms with Crippen LogP contribution in [-0.2, 0) is 19.1 Å². The lowest BCUT2D eigenvalue weighted by molar-refractivity contribution is -0.150. The van der Waals surface area contributed by atoms with E-state index in [1.54, 1.807) is 37.4 Å². The van der Waals surface area contributed by atoms with Crippen molar-refractivity contribution in [2.45, 2.75) is 63.6 Å². The fourth-order valence-electron chi connectivity index (χ4n) is 3.21. The van der Waals surface area contributed by atoms with Gasteiger partial charge in [-0.15, -0.1) is 11.8 Å². The van der Waals surface area contributed by atoms with Gasteiger partial charge in [0.1, 0.15) is 17.7 Å². The number of nitrogens with zero attached hydrogens (tertiary/aromatic N) is 1. The Hall–Kier alpha value is -1.44. The maximum absolute atomic E-state index is 12.8. The fourth-order valence-corrected chi connectivity index (χ4v) is 4.84. The largest absolute Gasteiger partial charge is 0.467 e. The molecule has 136 valence electrons. The van der Waals surface area contributed by atoms with Gasteiger partial charge in [-0.1, -0.05) is 13.3 Å². The molecule has 0 aliphatic carbocycles. The second kappa shape index (κ2) is 7.21. The number of rotatable bonds is 4. The number of carbonyl (C=O) groups excluding carboxylic acids is 3. The van der Waals surface area contributed by atoms with Crippen LogP contribution in [0.15, 0.2) is 0 Å². The van der Waals surface area contributed by atoms with Crippen LogP contribution < -0.4 is 5.32 Å². The molecule has 4 atom stereocenters. The third-order valence-corrected chi connectivity index (χ3v) is 5.54. The Morgan fingerprint density at radius 3 is 2.58 bits per heavy atom. The van der Waals surface area contributed by atoms with E-state index < -0.39 is 29.7 Å². The zero-order chi connectivity index (χ0) is 18.1. The van der Waals surface area contributed by atoms with Crippen LogP contribution in [0.1, 0.15) is 40.5 Å². The van der Waals surface area contributed by atoms with Crippen LogP contribution in [0, 0.1) is 5.92 Å². The van der Waals surface area contributed by atoms with Gasteiger partial charge in [0.15, 0.2) is 0 Å². The van der Waals surface area contributed by atoms with Crippen LogP contribution in [-0.4, -0.2) is 58.8 Å². The molecule has 2 rings (SSSR count). The van der Waals surface area contributed by atoms with Crippen molar-refractivity contribution >= 4 is 29.7 Å². The standard InChI is InChI=1S/C16H26N2O5S/c1-6-7-9-11(17-15(21)23-16(2,3)4)12(19)18-10(14(20)22-5)8-24-13(9)18/h9-11,13H,6-8H2,1-5H3,(H,17,21)/t9-,10+,11+,13+/m1/s1. The Labute approximate surface area is 146 Å². The van der Waals surface area contributed by atoms with E-state index in [0.29, 0.717) is 5.75 Å². The lowest BCUT2D eigenvalue weighted by atomic mass is 9.98. The van der Waals surface area contributed by atoms with E-state index in [4.69, 9.17) is 9.47 Å². The molecule has 2 fully saturated rings. The lowest BCUT2D eigenvalue weighted by Gasteiger charge is -2.24. The van der Waals surface area contributed by atoms with E-state index in [1.807, 2.05) is 6.92 Å². The molecule has 2 amide bonds. The van der Waals surface area contributed by atoms with E-state index in [1.165, 1.54) is 7.11 Å². The monoisotopic (exact) mass is 358 g/mol. The summed E-state index contributed by atoms with van der Waals surface area (Å²) in [4.78, 5) is 38.5. The Morgan fingerprint density at radius 1 is 1.38 bits per heavy atom. The van der Waals surface area contributed by atoms with Gasteiger partial charge in [0.2, 0.25) is 5.91 Å². The summed E-state index contributed by atoms with van der Waals surface area (Å²) in [5, 5.41) is 2.60. The summed E-state index contributed by atoms with van der Waals surface area (Å²) >= 11 is 1.57. The number of methoxy groups -OCH3 is 1. The molecule has 2 saturated heterocycles. The van der Waals surface area contributed by atoms with Crippen LogP contribution in [0.3, 0.4) is 0 Å². The van der Waals surface area contributed by atoms with Crippen molar-refractivity contribution < 1.29 is 23.9 Å². The van der Waals surface area contributed by atoms with E-state index in [9.17, 15) is 14.4 Å². The van der Waals surface area contributed by atoms with Gasteiger partial charge in [0.25, 0.3) is 0 Å². The summed E-state index contributed by atoms with van der Waals surface area (Å²) in [6, 6.07) is -1.24. The van der Waals surface area contributed by atoms with Gasteiger partial charge in [-0.2, -0.15) is 0 Å². The minimum Gasteiger partial charge on any atom is -0.467 e. The Balaban J connectivity index is 2.17. The number of hydrogen-bond donors (Lipinski definition) is 1. The molecule has 2 heterocycles. The molecule has 2 aliphatic heterocycles. The molecular formula is C16H26N2O5S. The molecule has 0 aromatic carbocycles. The molecule has 24 heavy (non-hydrogen) atoms. The van der Waals surface area contributed by atoms with Gasteiger partial charge in [-0.3, -0.25) is 4.79 Å². The van der Waals surface area contributed by atoms with Crippen molar-refractivity contribution in [2.75, 3.05) is 12.9 Å². The lowest BCUT2D eigenvalue weighted by Crippen LogP contribution is -2.49. The van der Waals surface area contributed by atoms with Crippen LogP contribution in [0.4, 0.5) is 4.79 Å². The Morgan fingerprint density at radius 2 is 2.04 bits per heavy atom. The number of esters is 1. The van der Waals surface area contributed by atoms with Crippen molar-refractivity contribution in [2.24, 2.45) is 5.92 Å². The smallest absolute Gasteiger partial charge is 0.408 e. The van der Waals surface area contributed by atoms with Gasteiger partial charge in [0.05, 0.1) is 12.5 Å². The van der Waals surface area contributed by atoms with Crippen molar-refractivity contribution in [3.8, 4) is 0 Å². The van der Waals surface area contributed by atoms with E-state index >= 15 is 0 Å². The van der Waals surface area contributed by atoms with Crippen molar-refractivity contribution in [1.29, 1.82) is 0 Å². The molecule has 8 heteroatoms. The molecule has 1 N–H and O–H groups in total. The van der Waals surface area contributed by atoms with E-state index in [0.717, 1.165) is 12.8 Å². The third-order valence-electron chi connectivity index (χ3n) is 4.12. The molecule has 0 saturated carbocycles. The molecule has 0 unspecified atom stereocenters. The number of ether oxygens (including phenoxy) is 2. The summed E-state index contributed by atoms with van der Waals surface area (Å²) < 4.78 is 10.1. The SMILES string of the molecule is CCC[C@@H]1[C@H](NC(=O)OC(C)(C)C)C(=O)N2[C@H](C(=O)OC)CS[C@@H]12. The maximum Gasteiger partial charge on any atom is 0.408 e. The molecule has 0 radical (unpaired) electrons. The highest BCUT2D eigenvalue weighted by Crippen LogP contribution is 2.43.